The number of hydrogen-bond donors (Lipinski definition) is 1. The largest absolute Gasteiger partial charge is 0.282 e. The van der Waals surface area contributed by atoms with E-state index in [4.69, 9.17) is 0 Å². The first-order chi connectivity index (χ1) is 10.2. The van der Waals surface area contributed by atoms with E-state index in [1.807, 2.05) is 55.5 Å². The standard InChI is InChI=1S/C18H15NO2/c1-13-9-11-15(12-10-13)18(20)19(21)17-8-4-6-14-5-2-3-7-16(14)17/h2-12,21H,1H3. The van der Waals surface area contributed by atoms with Crippen LogP contribution in [-0.4, -0.2) is 11.1 Å². The molecule has 0 aliphatic rings. The topological polar surface area (TPSA) is 40.5 Å². The lowest BCUT2D eigenvalue weighted by Gasteiger charge is -2.17. The molecule has 0 bridgehead atoms. The van der Waals surface area contributed by atoms with Gasteiger partial charge in [-0.15, -0.1) is 0 Å². The van der Waals surface area contributed by atoms with E-state index >= 15 is 0 Å². The molecule has 0 fully saturated rings. The highest BCUT2D eigenvalue weighted by Crippen LogP contribution is 2.26. The molecule has 0 atom stereocenters. The van der Waals surface area contributed by atoms with Gasteiger partial charge in [0.05, 0.1) is 5.69 Å². The number of benzene rings is 3. The van der Waals surface area contributed by atoms with Crippen molar-refractivity contribution < 1.29 is 10.0 Å². The van der Waals surface area contributed by atoms with Crippen molar-refractivity contribution in [2.75, 3.05) is 5.06 Å². The van der Waals surface area contributed by atoms with Gasteiger partial charge < -0.3 is 0 Å². The van der Waals surface area contributed by atoms with E-state index < -0.39 is 5.91 Å². The van der Waals surface area contributed by atoms with Crippen LogP contribution in [0.25, 0.3) is 10.8 Å². The molecule has 0 heterocycles. The smallest absolute Gasteiger partial charge is 0.281 e. The number of carbonyl (C=O) groups excluding carboxylic acids is 1. The number of carbonyl (C=O) groups is 1. The quantitative estimate of drug-likeness (QED) is 0.563. The van der Waals surface area contributed by atoms with Crippen molar-refractivity contribution in [3.8, 4) is 0 Å². The molecule has 0 aliphatic heterocycles. The summed E-state index contributed by atoms with van der Waals surface area (Å²) in [6.45, 7) is 1.95. The summed E-state index contributed by atoms with van der Waals surface area (Å²) < 4.78 is 0. The third-order valence-electron chi connectivity index (χ3n) is 3.49. The fraction of sp³-hybridized carbons (Fsp3) is 0.0556. The second kappa shape index (κ2) is 5.38. The molecule has 0 aromatic heterocycles. The lowest BCUT2D eigenvalue weighted by Crippen LogP contribution is -2.27. The second-order valence-electron chi connectivity index (χ2n) is 4.98. The van der Waals surface area contributed by atoms with Crippen molar-refractivity contribution in [2.24, 2.45) is 0 Å². The Bertz CT molecular complexity index is 788. The highest BCUT2D eigenvalue weighted by atomic mass is 16.5. The minimum atomic E-state index is -0.439. The third kappa shape index (κ3) is 2.51. The van der Waals surface area contributed by atoms with Crippen LogP contribution in [0.2, 0.25) is 0 Å². The zero-order valence-corrected chi connectivity index (χ0v) is 11.7. The maximum absolute atomic E-state index is 12.4. The normalized spacial score (nSPS) is 10.6. The van der Waals surface area contributed by atoms with Crippen molar-refractivity contribution in [2.45, 2.75) is 6.92 Å². The minimum Gasteiger partial charge on any atom is -0.281 e. The number of nitrogens with zero attached hydrogens (tertiary/aromatic N) is 1. The molecule has 0 radical (unpaired) electrons. The lowest BCUT2D eigenvalue weighted by molar-refractivity contribution is 0.0855. The van der Waals surface area contributed by atoms with Gasteiger partial charge in [-0.3, -0.25) is 10.0 Å². The fourth-order valence-corrected chi connectivity index (χ4v) is 2.32. The number of anilines is 1. The molecule has 104 valence electrons. The highest BCUT2D eigenvalue weighted by molar-refractivity contribution is 6.09. The van der Waals surface area contributed by atoms with Gasteiger partial charge in [0.15, 0.2) is 0 Å². The number of aryl methyl sites for hydroxylation is 1. The van der Waals surface area contributed by atoms with Crippen LogP contribution in [0.3, 0.4) is 0 Å². The zero-order chi connectivity index (χ0) is 14.8. The van der Waals surface area contributed by atoms with Gasteiger partial charge in [0.1, 0.15) is 0 Å². The van der Waals surface area contributed by atoms with E-state index in [9.17, 15) is 10.0 Å². The summed E-state index contributed by atoms with van der Waals surface area (Å²) in [5.41, 5.74) is 2.01. The molecule has 0 spiro atoms. The van der Waals surface area contributed by atoms with Crippen molar-refractivity contribution in [3.63, 3.8) is 0 Å². The van der Waals surface area contributed by atoms with Crippen LogP contribution in [0.1, 0.15) is 15.9 Å². The monoisotopic (exact) mass is 277 g/mol. The van der Waals surface area contributed by atoms with Gasteiger partial charge in [0.25, 0.3) is 5.91 Å². The van der Waals surface area contributed by atoms with Gasteiger partial charge >= 0.3 is 0 Å². The molecule has 1 N–H and O–H groups in total. The predicted octanol–water partition coefficient (Wildman–Crippen LogP) is 4.18. The molecule has 0 saturated carbocycles. The van der Waals surface area contributed by atoms with Gasteiger partial charge in [0.2, 0.25) is 0 Å². The first kappa shape index (κ1) is 13.3. The number of fused-ring (bicyclic) bond motifs is 1. The first-order valence-electron chi connectivity index (χ1n) is 6.74. The molecule has 0 aliphatic carbocycles. The molecule has 1 amide bonds. The maximum atomic E-state index is 12.4. The van der Waals surface area contributed by atoms with Crippen LogP contribution in [0.15, 0.2) is 66.7 Å². The molecule has 21 heavy (non-hydrogen) atoms. The van der Waals surface area contributed by atoms with Crippen molar-refractivity contribution in [1.82, 2.24) is 0 Å². The summed E-state index contributed by atoms with van der Waals surface area (Å²) in [5, 5.41) is 12.8. The summed E-state index contributed by atoms with van der Waals surface area (Å²) in [5.74, 6) is -0.439. The number of hydroxylamine groups is 1. The van der Waals surface area contributed by atoms with E-state index in [2.05, 4.69) is 0 Å². The Kier molecular flexibility index (Phi) is 3.42. The summed E-state index contributed by atoms with van der Waals surface area (Å²) in [6.07, 6.45) is 0. The average Bonchev–Trinajstić information content (AvgIpc) is 2.53. The van der Waals surface area contributed by atoms with Crippen LogP contribution in [0.5, 0.6) is 0 Å². The zero-order valence-electron chi connectivity index (χ0n) is 11.7. The lowest BCUT2D eigenvalue weighted by atomic mass is 10.1. The van der Waals surface area contributed by atoms with Crippen LogP contribution in [0, 0.1) is 6.92 Å². The Hall–Kier alpha value is -2.65. The van der Waals surface area contributed by atoms with E-state index in [1.165, 1.54) is 0 Å². The Morgan fingerprint density at radius 2 is 1.57 bits per heavy atom. The Labute approximate surface area is 123 Å². The number of amides is 1. The Morgan fingerprint density at radius 1 is 0.905 bits per heavy atom. The van der Waals surface area contributed by atoms with Crippen LogP contribution in [0.4, 0.5) is 5.69 Å². The van der Waals surface area contributed by atoms with Crippen LogP contribution >= 0.6 is 0 Å². The van der Waals surface area contributed by atoms with E-state index in [0.29, 0.717) is 16.3 Å². The first-order valence-corrected chi connectivity index (χ1v) is 6.74. The van der Waals surface area contributed by atoms with E-state index in [1.54, 1.807) is 18.2 Å². The molecule has 3 aromatic rings. The number of hydrogen-bond acceptors (Lipinski definition) is 2. The van der Waals surface area contributed by atoms with Crippen molar-refractivity contribution in [3.05, 3.63) is 77.9 Å². The molecule has 3 nitrogen and oxygen atoms in total. The molecule has 0 saturated heterocycles. The average molecular weight is 277 g/mol. The van der Waals surface area contributed by atoms with E-state index in [0.717, 1.165) is 16.3 Å². The molecular formula is C18H15NO2. The van der Waals surface area contributed by atoms with Crippen molar-refractivity contribution >= 4 is 22.4 Å². The van der Waals surface area contributed by atoms with Crippen LogP contribution in [-0.2, 0) is 0 Å². The predicted molar refractivity (Wildman–Crippen MR) is 83.7 cm³/mol. The van der Waals surface area contributed by atoms with E-state index in [-0.39, 0.29) is 0 Å². The van der Waals surface area contributed by atoms with Gasteiger partial charge in [-0.1, -0.05) is 54.1 Å². The van der Waals surface area contributed by atoms with Gasteiger partial charge in [-0.2, -0.15) is 5.06 Å². The molecular weight excluding hydrogens is 262 g/mol. The molecule has 3 heteroatoms. The van der Waals surface area contributed by atoms with Gasteiger partial charge in [0, 0.05) is 10.9 Å². The Morgan fingerprint density at radius 3 is 2.33 bits per heavy atom. The summed E-state index contributed by atoms with van der Waals surface area (Å²) in [6, 6.07) is 20.3. The van der Waals surface area contributed by atoms with Crippen LogP contribution < -0.4 is 5.06 Å². The maximum Gasteiger partial charge on any atom is 0.282 e. The Balaban J connectivity index is 2.02. The summed E-state index contributed by atoms with van der Waals surface area (Å²) in [7, 11) is 0. The molecule has 3 aromatic carbocycles. The molecule has 0 unspecified atom stereocenters. The minimum absolute atomic E-state index is 0.439. The summed E-state index contributed by atoms with van der Waals surface area (Å²) >= 11 is 0. The molecule has 3 rings (SSSR count). The highest BCUT2D eigenvalue weighted by Gasteiger charge is 2.17. The second-order valence-corrected chi connectivity index (χ2v) is 4.98. The van der Waals surface area contributed by atoms with Crippen molar-refractivity contribution in [1.29, 1.82) is 0 Å². The SMILES string of the molecule is Cc1ccc(C(=O)N(O)c2cccc3ccccc23)cc1. The number of rotatable bonds is 2. The third-order valence-corrected chi connectivity index (χ3v) is 3.49. The summed E-state index contributed by atoms with van der Waals surface area (Å²) in [4.78, 5) is 12.4. The van der Waals surface area contributed by atoms with Gasteiger partial charge in [-0.25, -0.2) is 0 Å². The van der Waals surface area contributed by atoms with Gasteiger partial charge in [-0.05, 0) is 30.5 Å². The fourth-order valence-electron chi connectivity index (χ4n) is 2.32.